The fourth-order valence-corrected chi connectivity index (χ4v) is 3.07. The van der Waals surface area contributed by atoms with Crippen LogP contribution in [0, 0.1) is 15.9 Å². The van der Waals surface area contributed by atoms with E-state index >= 15 is 0 Å². The standard InChI is InChI=1S/C16H9BrCl2FN5O2/c17-8-1-2-13(12(20)3-8)24-16-14(25(26)27)15(21-7-22-16)23-11-5-9(18)4-10(19)6-11/h1-7H,(H2,21,22,23,24). The number of hydrogen-bond donors (Lipinski definition) is 2. The summed E-state index contributed by atoms with van der Waals surface area (Å²) in [4.78, 5) is 18.7. The third kappa shape index (κ3) is 4.62. The number of nitrogens with one attached hydrogen (secondary N) is 2. The minimum absolute atomic E-state index is 0.0248. The van der Waals surface area contributed by atoms with E-state index in [1.807, 2.05) is 0 Å². The summed E-state index contributed by atoms with van der Waals surface area (Å²) in [5.74, 6) is -0.881. The van der Waals surface area contributed by atoms with E-state index in [4.69, 9.17) is 23.2 Å². The number of nitro groups is 1. The zero-order chi connectivity index (χ0) is 19.6. The van der Waals surface area contributed by atoms with Gasteiger partial charge in [0.25, 0.3) is 0 Å². The van der Waals surface area contributed by atoms with E-state index < -0.39 is 16.4 Å². The molecule has 0 bridgehead atoms. The Bertz CT molecular complexity index is 1020. The Hall–Kier alpha value is -2.49. The highest BCUT2D eigenvalue weighted by Crippen LogP contribution is 2.35. The van der Waals surface area contributed by atoms with Gasteiger partial charge < -0.3 is 10.6 Å². The summed E-state index contributed by atoms with van der Waals surface area (Å²) in [5.41, 5.74) is -0.0391. The molecule has 0 unspecified atom stereocenters. The second-order valence-corrected chi connectivity index (χ2v) is 7.00. The van der Waals surface area contributed by atoms with Gasteiger partial charge in [0.05, 0.1) is 10.6 Å². The van der Waals surface area contributed by atoms with Gasteiger partial charge in [-0.1, -0.05) is 39.1 Å². The molecule has 0 aliphatic heterocycles. The Morgan fingerprint density at radius 3 is 2.26 bits per heavy atom. The Kier molecular flexibility index (Phi) is 5.73. The molecule has 0 radical (unpaired) electrons. The molecule has 11 heteroatoms. The maximum absolute atomic E-state index is 14.1. The van der Waals surface area contributed by atoms with Gasteiger partial charge in [0, 0.05) is 20.2 Å². The summed E-state index contributed by atoms with van der Waals surface area (Å²) in [5, 5.41) is 17.7. The molecule has 7 nitrogen and oxygen atoms in total. The first kappa shape index (κ1) is 19.3. The van der Waals surface area contributed by atoms with Gasteiger partial charge >= 0.3 is 5.69 Å². The van der Waals surface area contributed by atoms with Crippen LogP contribution in [0.3, 0.4) is 0 Å². The summed E-state index contributed by atoms with van der Waals surface area (Å²) in [6.07, 6.45) is 1.11. The maximum Gasteiger partial charge on any atom is 0.353 e. The van der Waals surface area contributed by atoms with Crippen LogP contribution in [0.5, 0.6) is 0 Å². The summed E-state index contributed by atoms with van der Waals surface area (Å²) in [6, 6.07) is 8.82. The predicted octanol–water partition coefficient (Wildman–Crippen LogP) is 6.08. The number of hydrogen-bond acceptors (Lipinski definition) is 6. The number of benzene rings is 2. The van der Waals surface area contributed by atoms with Crippen LogP contribution in [-0.4, -0.2) is 14.9 Å². The van der Waals surface area contributed by atoms with Crippen molar-refractivity contribution in [2.24, 2.45) is 0 Å². The van der Waals surface area contributed by atoms with Crippen LogP contribution in [0.15, 0.2) is 47.2 Å². The largest absolute Gasteiger partial charge is 0.353 e. The first-order valence-corrected chi connectivity index (χ1v) is 8.83. The maximum atomic E-state index is 14.1. The second kappa shape index (κ2) is 8.03. The minimum atomic E-state index is -0.673. The Morgan fingerprint density at radius 1 is 1.04 bits per heavy atom. The van der Waals surface area contributed by atoms with Crippen molar-refractivity contribution in [3.8, 4) is 0 Å². The Morgan fingerprint density at radius 2 is 1.67 bits per heavy atom. The third-order valence-electron chi connectivity index (χ3n) is 3.31. The van der Waals surface area contributed by atoms with Gasteiger partial charge in [0.15, 0.2) is 0 Å². The molecule has 1 aromatic heterocycles. The van der Waals surface area contributed by atoms with Gasteiger partial charge in [-0.25, -0.2) is 14.4 Å². The highest BCUT2D eigenvalue weighted by Gasteiger charge is 2.24. The predicted molar refractivity (Wildman–Crippen MR) is 106 cm³/mol. The van der Waals surface area contributed by atoms with Crippen LogP contribution >= 0.6 is 39.1 Å². The van der Waals surface area contributed by atoms with Crippen LogP contribution < -0.4 is 10.6 Å². The molecule has 3 rings (SSSR count). The van der Waals surface area contributed by atoms with E-state index in [0.29, 0.717) is 20.2 Å². The van der Waals surface area contributed by atoms with Crippen molar-refractivity contribution in [3.05, 3.63) is 73.2 Å². The second-order valence-electron chi connectivity index (χ2n) is 5.21. The minimum Gasteiger partial charge on any atom is -0.334 e. The molecule has 0 saturated heterocycles. The van der Waals surface area contributed by atoms with Crippen molar-refractivity contribution in [2.45, 2.75) is 0 Å². The third-order valence-corrected chi connectivity index (χ3v) is 4.24. The molecule has 2 N–H and O–H groups in total. The molecule has 0 spiro atoms. The molecule has 3 aromatic rings. The first-order valence-electron chi connectivity index (χ1n) is 7.28. The van der Waals surface area contributed by atoms with Gasteiger partial charge in [-0.05, 0) is 36.4 Å². The topological polar surface area (TPSA) is 93.0 Å². The lowest BCUT2D eigenvalue weighted by molar-refractivity contribution is -0.383. The molecule has 0 amide bonds. The quantitative estimate of drug-likeness (QED) is 0.345. The van der Waals surface area contributed by atoms with Crippen molar-refractivity contribution < 1.29 is 9.31 Å². The first-order chi connectivity index (χ1) is 12.8. The zero-order valence-corrected chi connectivity index (χ0v) is 16.3. The van der Waals surface area contributed by atoms with Crippen LogP contribution in [0.25, 0.3) is 0 Å². The van der Waals surface area contributed by atoms with E-state index in [1.165, 1.54) is 30.3 Å². The number of rotatable bonds is 5. The molecule has 0 saturated carbocycles. The van der Waals surface area contributed by atoms with E-state index in [9.17, 15) is 14.5 Å². The number of nitrogens with zero attached hydrogens (tertiary/aromatic N) is 3. The van der Waals surface area contributed by atoms with Crippen molar-refractivity contribution in [2.75, 3.05) is 10.6 Å². The monoisotopic (exact) mass is 471 g/mol. The van der Waals surface area contributed by atoms with Crippen molar-refractivity contribution >= 4 is 67.8 Å². The SMILES string of the molecule is O=[N+]([O-])c1c(Nc2cc(Cl)cc(Cl)c2)ncnc1Nc1ccc(Br)cc1F. The average molecular weight is 473 g/mol. The Balaban J connectivity index is 2.00. The van der Waals surface area contributed by atoms with E-state index in [0.717, 1.165) is 6.33 Å². The highest BCUT2D eigenvalue weighted by molar-refractivity contribution is 9.10. The van der Waals surface area contributed by atoms with Crippen LogP contribution in [0.2, 0.25) is 10.0 Å². The molecular weight excluding hydrogens is 464 g/mol. The van der Waals surface area contributed by atoms with Crippen molar-refractivity contribution in [3.63, 3.8) is 0 Å². The lowest BCUT2D eigenvalue weighted by Crippen LogP contribution is -2.06. The molecule has 0 atom stereocenters. The molecule has 0 aliphatic rings. The van der Waals surface area contributed by atoms with Crippen molar-refractivity contribution in [1.82, 2.24) is 9.97 Å². The van der Waals surface area contributed by atoms with Gasteiger partial charge in [0.1, 0.15) is 12.1 Å². The summed E-state index contributed by atoms with van der Waals surface area (Å²) < 4.78 is 14.6. The van der Waals surface area contributed by atoms with E-state index in [2.05, 4.69) is 36.5 Å². The van der Waals surface area contributed by atoms with Gasteiger partial charge in [0.2, 0.25) is 11.6 Å². The van der Waals surface area contributed by atoms with Crippen LogP contribution in [-0.2, 0) is 0 Å². The Labute approximate surface area is 170 Å². The number of halogens is 4. The lowest BCUT2D eigenvalue weighted by atomic mass is 10.3. The highest BCUT2D eigenvalue weighted by atomic mass is 79.9. The number of anilines is 4. The van der Waals surface area contributed by atoms with Crippen molar-refractivity contribution in [1.29, 1.82) is 0 Å². The smallest absolute Gasteiger partial charge is 0.334 e. The molecule has 1 heterocycles. The zero-order valence-electron chi connectivity index (χ0n) is 13.2. The summed E-state index contributed by atoms with van der Waals surface area (Å²) in [6.45, 7) is 0. The van der Waals surface area contributed by atoms with Gasteiger partial charge in [-0.2, -0.15) is 0 Å². The molecule has 2 aromatic carbocycles. The van der Waals surface area contributed by atoms with E-state index in [-0.39, 0.29) is 17.3 Å². The molecule has 138 valence electrons. The van der Waals surface area contributed by atoms with Gasteiger partial charge in [-0.3, -0.25) is 10.1 Å². The van der Waals surface area contributed by atoms with Gasteiger partial charge in [-0.15, -0.1) is 0 Å². The van der Waals surface area contributed by atoms with E-state index in [1.54, 1.807) is 6.07 Å². The summed E-state index contributed by atoms with van der Waals surface area (Å²) in [7, 11) is 0. The number of aromatic nitrogens is 2. The molecule has 27 heavy (non-hydrogen) atoms. The molecule has 0 fully saturated rings. The molecular formula is C16H9BrCl2FN5O2. The average Bonchev–Trinajstić information content (AvgIpc) is 2.56. The fourth-order valence-electron chi connectivity index (χ4n) is 2.22. The lowest BCUT2D eigenvalue weighted by Gasteiger charge is -2.11. The normalized spacial score (nSPS) is 10.5. The fraction of sp³-hybridized carbons (Fsp3) is 0. The molecule has 0 aliphatic carbocycles. The van der Waals surface area contributed by atoms with Crippen LogP contribution in [0.4, 0.5) is 33.1 Å². The van der Waals surface area contributed by atoms with Crippen LogP contribution in [0.1, 0.15) is 0 Å². The summed E-state index contributed by atoms with van der Waals surface area (Å²) >= 11 is 15.0.